The van der Waals surface area contributed by atoms with Crippen molar-refractivity contribution in [2.45, 2.75) is 13.0 Å². The first-order valence-electron chi connectivity index (χ1n) is 5.37. The smallest absolute Gasteiger partial charge is 0.319 e. The van der Waals surface area contributed by atoms with Gasteiger partial charge >= 0.3 is 6.03 Å². The van der Waals surface area contributed by atoms with Crippen molar-refractivity contribution >= 4 is 6.03 Å². The van der Waals surface area contributed by atoms with Crippen molar-refractivity contribution in [1.82, 2.24) is 14.8 Å². The summed E-state index contributed by atoms with van der Waals surface area (Å²) >= 11 is 0. The van der Waals surface area contributed by atoms with Crippen LogP contribution in [0.5, 0.6) is 0 Å². The molecule has 0 spiro atoms. The lowest BCUT2D eigenvalue weighted by molar-refractivity contribution is 0.169. The van der Waals surface area contributed by atoms with Crippen molar-refractivity contribution < 1.29 is 4.79 Å². The number of nitrogens with zero attached hydrogens (tertiary/aromatic N) is 4. The third-order valence-electron chi connectivity index (χ3n) is 2.24. The number of amides is 2. The van der Waals surface area contributed by atoms with Crippen molar-refractivity contribution in [1.29, 1.82) is 5.26 Å². The first kappa shape index (κ1) is 13.0. The Labute approximate surface area is 101 Å². The number of pyridine rings is 1. The van der Waals surface area contributed by atoms with Gasteiger partial charge in [-0.05, 0) is 11.6 Å². The predicted molar refractivity (Wildman–Crippen MR) is 64.0 cm³/mol. The van der Waals surface area contributed by atoms with Gasteiger partial charge in [-0.3, -0.25) is 4.98 Å². The van der Waals surface area contributed by atoms with Crippen LogP contribution in [0.3, 0.4) is 0 Å². The molecule has 0 aliphatic rings. The summed E-state index contributed by atoms with van der Waals surface area (Å²) in [7, 11) is 3.40. The lowest BCUT2D eigenvalue weighted by Crippen LogP contribution is -2.39. The number of hydrogen-bond donors (Lipinski definition) is 0. The van der Waals surface area contributed by atoms with E-state index in [9.17, 15) is 4.79 Å². The first-order valence-corrected chi connectivity index (χ1v) is 5.37. The minimum atomic E-state index is -0.0934. The minimum absolute atomic E-state index is 0.0934. The second kappa shape index (κ2) is 6.48. The van der Waals surface area contributed by atoms with Crippen LogP contribution in [0.4, 0.5) is 4.79 Å². The van der Waals surface area contributed by atoms with E-state index in [-0.39, 0.29) is 6.03 Å². The molecule has 0 aliphatic carbocycles. The van der Waals surface area contributed by atoms with Gasteiger partial charge in [0.1, 0.15) is 0 Å². The van der Waals surface area contributed by atoms with Gasteiger partial charge in [-0.2, -0.15) is 5.26 Å². The zero-order valence-electron chi connectivity index (χ0n) is 10.1. The van der Waals surface area contributed by atoms with E-state index in [2.05, 4.69) is 4.98 Å². The maximum atomic E-state index is 11.9. The zero-order valence-corrected chi connectivity index (χ0v) is 10.1. The molecule has 2 amide bonds. The summed E-state index contributed by atoms with van der Waals surface area (Å²) in [6.45, 7) is 0.912. The molecule has 17 heavy (non-hydrogen) atoms. The summed E-state index contributed by atoms with van der Waals surface area (Å²) in [4.78, 5) is 19.0. The maximum Gasteiger partial charge on any atom is 0.319 e. The number of carbonyl (C=O) groups is 1. The summed E-state index contributed by atoms with van der Waals surface area (Å²) in [5, 5.41) is 8.59. The van der Waals surface area contributed by atoms with Crippen molar-refractivity contribution in [2.75, 3.05) is 20.6 Å². The molecule has 1 aromatic rings. The highest BCUT2D eigenvalue weighted by atomic mass is 16.2. The topological polar surface area (TPSA) is 60.2 Å². The van der Waals surface area contributed by atoms with Gasteiger partial charge in [-0.25, -0.2) is 4.79 Å². The van der Waals surface area contributed by atoms with Crippen molar-refractivity contribution in [3.8, 4) is 6.07 Å². The monoisotopic (exact) mass is 232 g/mol. The average molecular weight is 232 g/mol. The molecule has 0 saturated carbocycles. The summed E-state index contributed by atoms with van der Waals surface area (Å²) in [5.74, 6) is 0. The fourth-order valence-corrected chi connectivity index (χ4v) is 1.42. The van der Waals surface area contributed by atoms with Crippen LogP contribution in [-0.2, 0) is 6.54 Å². The molecule has 0 unspecified atom stereocenters. The highest BCUT2D eigenvalue weighted by Crippen LogP contribution is 2.05. The van der Waals surface area contributed by atoms with Crippen molar-refractivity contribution in [3.63, 3.8) is 0 Å². The summed E-state index contributed by atoms with van der Waals surface area (Å²) in [5.41, 5.74) is 0.959. The Morgan fingerprint density at radius 2 is 2.29 bits per heavy atom. The lowest BCUT2D eigenvalue weighted by Gasteiger charge is -2.25. The molecule has 0 N–H and O–H groups in total. The highest BCUT2D eigenvalue weighted by molar-refractivity contribution is 5.73. The number of carbonyl (C=O) groups excluding carboxylic acids is 1. The van der Waals surface area contributed by atoms with Crippen LogP contribution in [-0.4, -0.2) is 41.5 Å². The Morgan fingerprint density at radius 3 is 2.82 bits per heavy atom. The van der Waals surface area contributed by atoms with Crippen LogP contribution in [0.2, 0.25) is 0 Å². The lowest BCUT2D eigenvalue weighted by atomic mass is 10.2. The van der Waals surface area contributed by atoms with Gasteiger partial charge in [-0.1, -0.05) is 6.07 Å². The molecule has 0 aliphatic heterocycles. The molecular formula is C12H16N4O. The van der Waals surface area contributed by atoms with Gasteiger partial charge < -0.3 is 9.80 Å². The van der Waals surface area contributed by atoms with E-state index in [0.717, 1.165) is 5.56 Å². The van der Waals surface area contributed by atoms with Gasteiger partial charge in [0.25, 0.3) is 0 Å². The standard InChI is InChI=1S/C12H16N4O/c1-15(2)12(17)16(8-4-6-13)10-11-5-3-7-14-9-11/h3,5,7,9H,4,8,10H2,1-2H3. The van der Waals surface area contributed by atoms with Gasteiger partial charge in [-0.15, -0.1) is 0 Å². The molecule has 0 radical (unpaired) electrons. The van der Waals surface area contributed by atoms with Crippen LogP contribution < -0.4 is 0 Å². The molecule has 0 fully saturated rings. The summed E-state index contributed by atoms with van der Waals surface area (Å²) < 4.78 is 0. The summed E-state index contributed by atoms with van der Waals surface area (Å²) in [6.07, 6.45) is 3.75. The number of nitriles is 1. The van der Waals surface area contributed by atoms with E-state index in [1.165, 1.54) is 4.90 Å². The molecule has 90 valence electrons. The molecule has 0 saturated heterocycles. The van der Waals surface area contributed by atoms with E-state index < -0.39 is 0 Å². The molecule has 1 aromatic heterocycles. The van der Waals surface area contributed by atoms with E-state index in [1.54, 1.807) is 31.4 Å². The Balaban J connectivity index is 2.70. The van der Waals surface area contributed by atoms with Crippen LogP contribution in [0.15, 0.2) is 24.5 Å². The third kappa shape index (κ3) is 4.11. The van der Waals surface area contributed by atoms with E-state index in [4.69, 9.17) is 5.26 Å². The fourth-order valence-electron chi connectivity index (χ4n) is 1.42. The highest BCUT2D eigenvalue weighted by Gasteiger charge is 2.15. The Morgan fingerprint density at radius 1 is 1.53 bits per heavy atom. The van der Waals surface area contributed by atoms with E-state index in [0.29, 0.717) is 19.5 Å². The number of rotatable bonds is 4. The van der Waals surface area contributed by atoms with E-state index in [1.807, 2.05) is 18.2 Å². The first-order chi connectivity index (χ1) is 8.15. The van der Waals surface area contributed by atoms with Crippen LogP contribution in [0, 0.1) is 11.3 Å². The molecule has 0 bridgehead atoms. The van der Waals surface area contributed by atoms with Crippen molar-refractivity contribution in [3.05, 3.63) is 30.1 Å². The van der Waals surface area contributed by atoms with Crippen LogP contribution in [0.1, 0.15) is 12.0 Å². The average Bonchev–Trinajstić information content (AvgIpc) is 2.34. The van der Waals surface area contributed by atoms with Crippen LogP contribution >= 0.6 is 0 Å². The van der Waals surface area contributed by atoms with Crippen LogP contribution in [0.25, 0.3) is 0 Å². The number of urea groups is 1. The zero-order chi connectivity index (χ0) is 12.7. The Hall–Kier alpha value is -2.09. The fraction of sp³-hybridized carbons (Fsp3) is 0.417. The Bertz CT molecular complexity index is 397. The minimum Gasteiger partial charge on any atom is -0.331 e. The van der Waals surface area contributed by atoms with Gasteiger partial charge in [0.05, 0.1) is 12.5 Å². The molecule has 5 heteroatoms. The largest absolute Gasteiger partial charge is 0.331 e. The van der Waals surface area contributed by atoms with Crippen molar-refractivity contribution in [2.24, 2.45) is 0 Å². The Kier molecular flexibility index (Phi) is 4.95. The van der Waals surface area contributed by atoms with Gasteiger partial charge in [0.15, 0.2) is 0 Å². The normalized spacial score (nSPS) is 9.47. The second-order valence-electron chi connectivity index (χ2n) is 3.87. The SMILES string of the molecule is CN(C)C(=O)N(CCC#N)Cc1cccnc1. The number of aromatic nitrogens is 1. The molecule has 1 heterocycles. The predicted octanol–water partition coefficient (Wildman–Crippen LogP) is 1.48. The molecular weight excluding hydrogens is 216 g/mol. The molecule has 0 atom stereocenters. The quantitative estimate of drug-likeness (QED) is 0.790. The molecule has 0 aromatic carbocycles. The molecule has 1 rings (SSSR count). The molecule has 5 nitrogen and oxygen atoms in total. The second-order valence-corrected chi connectivity index (χ2v) is 3.87. The maximum absolute atomic E-state index is 11.9. The van der Waals surface area contributed by atoms with Gasteiger partial charge in [0, 0.05) is 39.6 Å². The third-order valence-corrected chi connectivity index (χ3v) is 2.24. The van der Waals surface area contributed by atoms with E-state index >= 15 is 0 Å². The summed E-state index contributed by atoms with van der Waals surface area (Å²) in [6, 6.07) is 5.70. The van der Waals surface area contributed by atoms with Gasteiger partial charge in [0.2, 0.25) is 0 Å². The number of hydrogen-bond acceptors (Lipinski definition) is 3.